The number of ether oxygens (including phenoxy) is 4. The van der Waals surface area contributed by atoms with Crippen LogP contribution in [-0.2, 0) is 11.2 Å². The maximum absolute atomic E-state index is 11.4. The minimum Gasteiger partial charge on any atom is -0.497 e. The fourth-order valence-electron chi connectivity index (χ4n) is 2.51. The van der Waals surface area contributed by atoms with Crippen LogP contribution < -0.4 is 24.3 Å². The van der Waals surface area contributed by atoms with Gasteiger partial charge in [0, 0.05) is 12.6 Å². The predicted molar refractivity (Wildman–Crippen MR) is 104 cm³/mol. The fourth-order valence-corrected chi connectivity index (χ4v) is 2.51. The van der Waals surface area contributed by atoms with E-state index in [-0.39, 0.29) is 12.3 Å². The van der Waals surface area contributed by atoms with E-state index in [9.17, 15) is 4.79 Å². The minimum atomic E-state index is -0.288. The first-order valence-electron chi connectivity index (χ1n) is 8.87. The molecule has 28 heavy (non-hydrogen) atoms. The zero-order valence-electron chi connectivity index (χ0n) is 16.1. The second kappa shape index (κ2) is 11.3. The third-order valence-corrected chi connectivity index (χ3v) is 3.90. The van der Waals surface area contributed by atoms with Crippen LogP contribution in [-0.4, -0.2) is 39.9 Å². The summed E-state index contributed by atoms with van der Waals surface area (Å²) in [4.78, 5) is 11.4. The number of carbonyl (C=O) groups excluding carboxylic acids is 1. The lowest BCUT2D eigenvalue weighted by molar-refractivity contribution is -0.120. The largest absolute Gasteiger partial charge is 0.497 e. The molecular formula is C21H24N2O5. The van der Waals surface area contributed by atoms with Crippen molar-refractivity contribution in [3.05, 3.63) is 48.0 Å². The first-order chi connectivity index (χ1) is 13.7. The van der Waals surface area contributed by atoms with E-state index in [1.807, 2.05) is 42.5 Å². The van der Waals surface area contributed by atoms with Crippen LogP contribution in [0.2, 0.25) is 0 Å². The molecule has 148 valence electrons. The Labute approximate surface area is 164 Å². The van der Waals surface area contributed by atoms with Crippen LogP contribution in [0.1, 0.15) is 12.0 Å². The first-order valence-corrected chi connectivity index (χ1v) is 8.87. The molecule has 2 aromatic carbocycles. The van der Waals surface area contributed by atoms with Crippen LogP contribution >= 0.6 is 0 Å². The number of nitrogens with zero attached hydrogens (tertiary/aromatic N) is 1. The van der Waals surface area contributed by atoms with E-state index in [1.165, 1.54) is 0 Å². The van der Waals surface area contributed by atoms with E-state index in [1.54, 1.807) is 20.3 Å². The van der Waals surface area contributed by atoms with E-state index in [4.69, 9.17) is 24.2 Å². The molecule has 0 bridgehead atoms. The third kappa shape index (κ3) is 6.40. The molecule has 2 rings (SSSR count). The summed E-state index contributed by atoms with van der Waals surface area (Å²) in [5, 5.41) is 11.2. The van der Waals surface area contributed by atoms with E-state index in [2.05, 4.69) is 5.32 Å². The molecule has 0 spiro atoms. The molecule has 2 aromatic rings. The highest BCUT2D eigenvalue weighted by Gasteiger charge is 2.08. The molecule has 1 amide bonds. The Bertz CT molecular complexity index is 817. The number of hydrogen-bond acceptors (Lipinski definition) is 6. The average Bonchev–Trinajstić information content (AvgIpc) is 2.72. The molecular weight excluding hydrogens is 360 g/mol. The summed E-state index contributed by atoms with van der Waals surface area (Å²) in [5.41, 5.74) is 0.926. The molecule has 0 heterocycles. The Kier molecular flexibility index (Phi) is 8.47. The Morgan fingerprint density at radius 2 is 1.71 bits per heavy atom. The topological polar surface area (TPSA) is 89.8 Å². The average molecular weight is 384 g/mol. The van der Waals surface area contributed by atoms with E-state index < -0.39 is 0 Å². The maximum Gasteiger partial charge on any atom is 0.234 e. The van der Waals surface area contributed by atoms with Gasteiger partial charge in [-0.3, -0.25) is 4.79 Å². The molecule has 0 aliphatic rings. The summed E-state index contributed by atoms with van der Waals surface area (Å²) in [6.45, 7) is 1.09. The zero-order valence-corrected chi connectivity index (χ0v) is 16.1. The Hall–Kier alpha value is -3.40. The summed E-state index contributed by atoms with van der Waals surface area (Å²) in [6, 6.07) is 14.8. The Morgan fingerprint density at radius 3 is 2.39 bits per heavy atom. The SMILES string of the molecule is COc1ccc(CCNC(=O)CC#N)c(OCCOc2ccccc2OC)c1. The monoisotopic (exact) mass is 384 g/mol. The van der Waals surface area contributed by atoms with E-state index in [0.29, 0.717) is 49.2 Å². The van der Waals surface area contributed by atoms with Crippen LogP contribution in [0.25, 0.3) is 0 Å². The normalized spacial score (nSPS) is 9.89. The van der Waals surface area contributed by atoms with Gasteiger partial charge in [-0.15, -0.1) is 0 Å². The second-order valence-electron chi connectivity index (χ2n) is 5.76. The quantitative estimate of drug-likeness (QED) is 0.599. The minimum absolute atomic E-state index is 0.147. The highest BCUT2D eigenvalue weighted by atomic mass is 16.5. The third-order valence-electron chi connectivity index (χ3n) is 3.90. The van der Waals surface area contributed by atoms with Gasteiger partial charge >= 0.3 is 0 Å². The summed E-state index contributed by atoms with van der Waals surface area (Å²) >= 11 is 0. The van der Waals surface area contributed by atoms with Gasteiger partial charge in [0.1, 0.15) is 31.1 Å². The molecule has 7 heteroatoms. The predicted octanol–water partition coefficient (Wildman–Crippen LogP) is 2.73. The summed E-state index contributed by atoms with van der Waals surface area (Å²) in [5.74, 6) is 2.37. The van der Waals surface area contributed by atoms with Gasteiger partial charge in [0.05, 0.1) is 20.3 Å². The van der Waals surface area contributed by atoms with Crippen molar-refractivity contribution in [3.8, 4) is 29.1 Å². The lowest BCUT2D eigenvalue weighted by Crippen LogP contribution is -2.25. The molecule has 0 fully saturated rings. The summed E-state index contributed by atoms with van der Waals surface area (Å²) < 4.78 is 22.1. The van der Waals surface area contributed by atoms with Crippen molar-refractivity contribution < 1.29 is 23.7 Å². The molecule has 0 aliphatic heterocycles. The molecule has 0 atom stereocenters. The van der Waals surface area contributed by atoms with Crippen LogP contribution in [0.4, 0.5) is 0 Å². The van der Waals surface area contributed by atoms with Crippen LogP contribution in [0.5, 0.6) is 23.0 Å². The van der Waals surface area contributed by atoms with Gasteiger partial charge in [0.2, 0.25) is 5.91 Å². The van der Waals surface area contributed by atoms with Crippen molar-refractivity contribution in [3.63, 3.8) is 0 Å². The summed E-state index contributed by atoms with van der Waals surface area (Å²) in [6.07, 6.45) is 0.427. The molecule has 7 nitrogen and oxygen atoms in total. The second-order valence-corrected chi connectivity index (χ2v) is 5.76. The molecule has 1 N–H and O–H groups in total. The number of para-hydroxylation sites is 2. The van der Waals surface area contributed by atoms with Gasteiger partial charge in [0.15, 0.2) is 11.5 Å². The van der Waals surface area contributed by atoms with Gasteiger partial charge in [-0.2, -0.15) is 5.26 Å². The number of nitriles is 1. The standard InChI is InChI=1S/C21H24N2O5/c1-25-17-8-7-16(10-12-23-21(24)9-11-22)20(15-17)28-14-13-27-19-6-4-3-5-18(19)26-2/h3-8,15H,9-10,12-14H2,1-2H3,(H,23,24). The van der Waals surface area contributed by atoms with Crippen LogP contribution in [0, 0.1) is 11.3 Å². The number of methoxy groups -OCH3 is 2. The molecule has 0 saturated heterocycles. The summed E-state index contributed by atoms with van der Waals surface area (Å²) in [7, 11) is 3.18. The highest BCUT2D eigenvalue weighted by Crippen LogP contribution is 2.27. The number of nitrogens with one attached hydrogen (secondary N) is 1. The van der Waals surface area contributed by atoms with Crippen LogP contribution in [0.3, 0.4) is 0 Å². The Morgan fingerprint density at radius 1 is 1.00 bits per heavy atom. The lowest BCUT2D eigenvalue weighted by Gasteiger charge is -2.14. The van der Waals surface area contributed by atoms with Crippen molar-refractivity contribution >= 4 is 5.91 Å². The number of carbonyl (C=O) groups is 1. The number of amides is 1. The molecule has 0 aliphatic carbocycles. The lowest BCUT2D eigenvalue weighted by atomic mass is 10.1. The van der Waals surface area contributed by atoms with Crippen molar-refractivity contribution in [2.24, 2.45) is 0 Å². The molecule has 0 unspecified atom stereocenters. The van der Waals surface area contributed by atoms with E-state index in [0.717, 1.165) is 5.56 Å². The number of rotatable bonds is 11. The molecule has 0 aromatic heterocycles. The van der Waals surface area contributed by atoms with E-state index >= 15 is 0 Å². The van der Waals surface area contributed by atoms with Gasteiger partial charge in [-0.25, -0.2) is 0 Å². The van der Waals surface area contributed by atoms with Crippen molar-refractivity contribution in [2.45, 2.75) is 12.8 Å². The molecule has 0 saturated carbocycles. The van der Waals surface area contributed by atoms with Gasteiger partial charge in [-0.1, -0.05) is 18.2 Å². The fraction of sp³-hybridized carbons (Fsp3) is 0.333. The maximum atomic E-state index is 11.4. The van der Waals surface area contributed by atoms with Crippen LogP contribution in [0.15, 0.2) is 42.5 Å². The molecule has 0 radical (unpaired) electrons. The zero-order chi connectivity index (χ0) is 20.2. The van der Waals surface area contributed by atoms with Gasteiger partial charge < -0.3 is 24.3 Å². The first kappa shape index (κ1) is 20.9. The van der Waals surface area contributed by atoms with Crippen molar-refractivity contribution in [1.29, 1.82) is 5.26 Å². The number of hydrogen-bond donors (Lipinski definition) is 1. The van der Waals surface area contributed by atoms with Crippen molar-refractivity contribution in [2.75, 3.05) is 34.0 Å². The van der Waals surface area contributed by atoms with Crippen molar-refractivity contribution in [1.82, 2.24) is 5.32 Å². The number of benzene rings is 2. The Balaban J connectivity index is 1.91. The smallest absolute Gasteiger partial charge is 0.234 e. The highest BCUT2D eigenvalue weighted by molar-refractivity contribution is 5.77. The van der Waals surface area contributed by atoms with Gasteiger partial charge in [-0.05, 0) is 30.2 Å². The van der Waals surface area contributed by atoms with Gasteiger partial charge in [0.25, 0.3) is 0 Å².